The summed E-state index contributed by atoms with van der Waals surface area (Å²) in [4.78, 5) is 22.8. The van der Waals surface area contributed by atoms with Crippen LogP contribution in [0.25, 0.3) is 10.9 Å². The van der Waals surface area contributed by atoms with Gasteiger partial charge in [0.15, 0.2) is 5.69 Å². The van der Waals surface area contributed by atoms with Gasteiger partial charge in [-0.1, -0.05) is 25.1 Å². The molecule has 1 aliphatic carbocycles. The fraction of sp³-hybridized carbons (Fsp3) is 0.536. The third-order valence-corrected chi connectivity index (χ3v) is 8.06. The van der Waals surface area contributed by atoms with Crippen LogP contribution in [0.4, 0.5) is 0 Å². The van der Waals surface area contributed by atoms with Gasteiger partial charge in [0.05, 0.1) is 5.52 Å². The first-order chi connectivity index (χ1) is 17.2. The lowest BCUT2D eigenvalue weighted by molar-refractivity contribution is 0.0939. The maximum Gasteiger partial charge on any atom is 0.272 e. The van der Waals surface area contributed by atoms with Crippen LogP contribution in [0.2, 0.25) is 0 Å². The first-order valence-electron chi connectivity index (χ1n) is 13.3. The van der Waals surface area contributed by atoms with Crippen LogP contribution in [0.3, 0.4) is 0 Å². The van der Waals surface area contributed by atoms with Crippen molar-refractivity contribution in [1.82, 2.24) is 29.9 Å². The molecule has 1 saturated carbocycles. The summed E-state index contributed by atoms with van der Waals surface area (Å²) in [5.41, 5.74) is 5.38. The SMILES string of the molecule is CCN1CCC(CNC(=O)c2nn(CC3CC3)c3c2CN(Cc2ccnc4ccccc24)CC3)C1. The van der Waals surface area contributed by atoms with Crippen molar-refractivity contribution in [2.24, 2.45) is 11.8 Å². The number of para-hydroxylation sites is 1. The Morgan fingerprint density at radius 3 is 2.80 bits per heavy atom. The molecule has 184 valence electrons. The van der Waals surface area contributed by atoms with Gasteiger partial charge in [0.25, 0.3) is 5.91 Å². The van der Waals surface area contributed by atoms with Crippen molar-refractivity contribution in [3.8, 4) is 0 Å². The normalized spacial score (nSPS) is 20.9. The fourth-order valence-corrected chi connectivity index (χ4v) is 5.78. The standard InChI is InChI=1S/C28H36N6O/c1-2-32-13-10-21(16-32)15-30-28(35)27-24-19-33(14-11-26(24)34(31-27)17-20-7-8-20)18-22-9-12-29-25-6-4-3-5-23(22)25/h3-6,9,12,20-21H,2,7-8,10-11,13-19H2,1H3,(H,30,35). The summed E-state index contributed by atoms with van der Waals surface area (Å²) in [5.74, 6) is 1.27. The van der Waals surface area contributed by atoms with E-state index in [1.54, 1.807) is 0 Å². The highest BCUT2D eigenvalue weighted by atomic mass is 16.2. The molecule has 7 heteroatoms. The van der Waals surface area contributed by atoms with E-state index in [0.29, 0.717) is 11.6 Å². The minimum atomic E-state index is 0.00181. The molecule has 35 heavy (non-hydrogen) atoms. The average Bonchev–Trinajstić information content (AvgIpc) is 3.46. The van der Waals surface area contributed by atoms with E-state index in [9.17, 15) is 4.79 Å². The van der Waals surface area contributed by atoms with E-state index < -0.39 is 0 Å². The Morgan fingerprint density at radius 2 is 1.97 bits per heavy atom. The smallest absolute Gasteiger partial charge is 0.272 e. The summed E-state index contributed by atoms with van der Waals surface area (Å²) >= 11 is 0. The molecule has 1 unspecified atom stereocenters. The quantitative estimate of drug-likeness (QED) is 0.544. The number of hydrogen-bond acceptors (Lipinski definition) is 5. The second-order valence-corrected chi connectivity index (χ2v) is 10.6. The van der Waals surface area contributed by atoms with Gasteiger partial charge in [0, 0.05) is 68.5 Å². The Morgan fingerprint density at radius 1 is 1.09 bits per heavy atom. The summed E-state index contributed by atoms with van der Waals surface area (Å²) < 4.78 is 2.16. The molecule has 2 aliphatic heterocycles. The van der Waals surface area contributed by atoms with Crippen molar-refractivity contribution < 1.29 is 4.79 Å². The monoisotopic (exact) mass is 472 g/mol. The van der Waals surface area contributed by atoms with Crippen molar-refractivity contribution in [3.63, 3.8) is 0 Å². The van der Waals surface area contributed by atoms with E-state index in [0.717, 1.165) is 82.2 Å². The van der Waals surface area contributed by atoms with E-state index in [1.165, 1.54) is 29.5 Å². The zero-order valence-corrected chi connectivity index (χ0v) is 20.7. The van der Waals surface area contributed by atoms with Crippen molar-refractivity contribution in [2.75, 3.05) is 32.7 Å². The summed E-state index contributed by atoms with van der Waals surface area (Å²) in [6.07, 6.45) is 6.58. The first-order valence-corrected chi connectivity index (χ1v) is 13.3. The Balaban J connectivity index is 1.20. The van der Waals surface area contributed by atoms with Crippen LogP contribution in [-0.4, -0.2) is 63.2 Å². The summed E-state index contributed by atoms with van der Waals surface area (Å²) in [7, 11) is 0. The van der Waals surface area contributed by atoms with Gasteiger partial charge in [-0.05, 0) is 61.9 Å². The van der Waals surface area contributed by atoms with Gasteiger partial charge >= 0.3 is 0 Å². The molecule has 2 fully saturated rings. The number of carbonyl (C=O) groups is 1. The lowest BCUT2D eigenvalue weighted by Gasteiger charge is -2.28. The Bertz CT molecular complexity index is 1210. The predicted octanol–water partition coefficient (Wildman–Crippen LogP) is 3.47. The third-order valence-electron chi connectivity index (χ3n) is 8.06. The molecular formula is C28H36N6O. The van der Waals surface area contributed by atoms with Crippen LogP contribution in [-0.2, 0) is 26.1 Å². The molecule has 0 bridgehead atoms. The lowest BCUT2D eigenvalue weighted by Crippen LogP contribution is -2.34. The van der Waals surface area contributed by atoms with Gasteiger partial charge in [0.2, 0.25) is 0 Å². The highest BCUT2D eigenvalue weighted by Gasteiger charge is 2.31. The van der Waals surface area contributed by atoms with Gasteiger partial charge in [-0.25, -0.2) is 0 Å². The lowest BCUT2D eigenvalue weighted by atomic mass is 10.0. The Kier molecular flexibility index (Phi) is 6.29. The number of fused-ring (bicyclic) bond motifs is 2. The van der Waals surface area contributed by atoms with E-state index in [2.05, 4.69) is 56.0 Å². The molecule has 7 nitrogen and oxygen atoms in total. The van der Waals surface area contributed by atoms with Gasteiger partial charge < -0.3 is 10.2 Å². The van der Waals surface area contributed by atoms with Gasteiger partial charge in [-0.2, -0.15) is 5.10 Å². The minimum Gasteiger partial charge on any atom is -0.350 e. The maximum atomic E-state index is 13.4. The van der Waals surface area contributed by atoms with Gasteiger partial charge in [-0.3, -0.25) is 19.4 Å². The van der Waals surface area contributed by atoms with Gasteiger partial charge in [-0.15, -0.1) is 0 Å². The number of aromatic nitrogens is 3. The molecule has 0 spiro atoms. The third kappa shape index (κ3) is 4.84. The first kappa shape index (κ1) is 22.7. The highest BCUT2D eigenvalue weighted by Crippen LogP contribution is 2.33. The number of nitrogens with zero attached hydrogens (tertiary/aromatic N) is 5. The molecule has 1 N–H and O–H groups in total. The molecule has 2 aromatic heterocycles. The molecule has 1 saturated heterocycles. The largest absolute Gasteiger partial charge is 0.350 e. The minimum absolute atomic E-state index is 0.00181. The average molecular weight is 473 g/mol. The van der Waals surface area contributed by atoms with Crippen molar-refractivity contribution >= 4 is 16.8 Å². The fourth-order valence-electron chi connectivity index (χ4n) is 5.78. The molecule has 1 atom stereocenters. The van der Waals surface area contributed by atoms with E-state index in [-0.39, 0.29) is 5.91 Å². The number of amides is 1. The van der Waals surface area contributed by atoms with Crippen molar-refractivity contribution in [3.05, 3.63) is 59.0 Å². The van der Waals surface area contributed by atoms with Crippen LogP contribution in [0.1, 0.15) is 53.5 Å². The number of carbonyl (C=O) groups excluding carboxylic acids is 1. The summed E-state index contributed by atoms with van der Waals surface area (Å²) in [5, 5.41) is 9.34. The van der Waals surface area contributed by atoms with Crippen LogP contribution in [0.5, 0.6) is 0 Å². The van der Waals surface area contributed by atoms with Gasteiger partial charge in [0.1, 0.15) is 0 Å². The zero-order chi connectivity index (χ0) is 23.8. The molecule has 3 aliphatic rings. The predicted molar refractivity (Wildman–Crippen MR) is 137 cm³/mol. The number of nitrogens with one attached hydrogen (secondary N) is 1. The van der Waals surface area contributed by atoms with Crippen LogP contribution < -0.4 is 5.32 Å². The number of likely N-dealkylation sites (tertiary alicyclic amines) is 1. The van der Waals surface area contributed by atoms with E-state index in [1.807, 2.05) is 12.3 Å². The highest BCUT2D eigenvalue weighted by molar-refractivity contribution is 5.94. The molecule has 6 rings (SSSR count). The van der Waals surface area contributed by atoms with Crippen LogP contribution in [0.15, 0.2) is 36.5 Å². The Hall–Kier alpha value is -2.77. The topological polar surface area (TPSA) is 66.3 Å². The summed E-state index contributed by atoms with van der Waals surface area (Å²) in [6, 6.07) is 10.5. The molecule has 3 aromatic rings. The Labute approximate surface area is 207 Å². The molecule has 0 radical (unpaired) electrons. The number of pyridine rings is 1. The van der Waals surface area contributed by atoms with E-state index >= 15 is 0 Å². The number of rotatable bonds is 8. The maximum absolute atomic E-state index is 13.4. The zero-order valence-electron chi connectivity index (χ0n) is 20.7. The second kappa shape index (κ2) is 9.70. The second-order valence-electron chi connectivity index (χ2n) is 10.6. The number of hydrogen-bond donors (Lipinski definition) is 1. The molecule has 1 aromatic carbocycles. The van der Waals surface area contributed by atoms with Crippen molar-refractivity contribution in [2.45, 2.75) is 52.2 Å². The number of benzene rings is 1. The van der Waals surface area contributed by atoms with Crippen LogP contribution in [0, 0.1) is 11.8 Å². The summed E-state index contributed by atoms with van der Waals surface area (Å²) in [6.45, 7) is 9.83. The van der Waals surface area contributed by atoms with E-state index in [4.69, 9.17) is 5.10 Å². The molecule has 4 heterocycles. The van der Waals surface area contributed by atoms with Crippen LogP contribution >= 0.6 is 0 Å². The van der Waals surface area contributed by atoms with Crippen molar-refractivity contribution in [1.29, 1.82) is 0 Å². The molecule has 1 amide bonds. The molecular weight excluding hydrogens is 436 g/mol.